The van der Waals surface area contributed by atoms with Crippen LogP contribution < -0.4 is 4.13 Å². The van der Waals surface area contributed by atoms with Crippen molar-refractivity contribution in [2.45, 2.75) is 5.75 Å². The van der Waals surface area contributed by atoms with Crippen LogP contribution in [0.25, 0.3) is 0 Å². The van der Waals surface area contributed by atoms with E-state index in [4.69, 9.17) is 0 Å². The standard InChI is InChI=1S/C8H11NO2S2/c1-12-9-13(10,11)7-8-5-3-2-4-6-8/h2-6,9H,7H2,1H3. The van der Waals surface area contributed by atoms with Crippen LogP contribution in [0.15, 0.2) is 30.3 Å². The molecule has 13 heavy (non-hydrogen) atoms. The fourth-order valence-corrected chi connectivity index (χ4v) is 2.83. The summed E-state index contributed by atoms with van der Waals surface area (Å²) < 4.78 is 24.9. The van der Waals surface area contributed by atoms with Crippen LogP contribution in [0.3, 0.4) is 0 Å². The molecule has 0 saturated heterocycles. The van der Waals surface area contributed by atoms with Gasteiger partial charge in [0.1, 0.15) is 0 Å². The molecule has 1 N–H and O–H groups in total. The van der Waals surface area contributed by atoms with Crippen molar-refractivity contribution in [1.29, 1.82) is 0 Å². The van der Waals surface area contributed by atoms with Gasteiger partial charge in [-0.2, -0.15) is 4.13 Å². The first-order chi connectivity index (χ1) is 6.14. The second-order valence-corrected chi connectivity index (χ2v) is 5.13. The van der Waals surface area contributed by atoms with Gasteiger partial charge in [0.25, 0.3) is 0 Å². The van der Waals surface area contributed by atoms with Gasteiger partial charge in [-0.1, -0.05) is 42.3 Å². The Hall–Kier alpha value is -0.520. The van der Waals surface area contributed by atoms with E-state index in [1.54, 1.807) is 18.4 Å². The van der Waals surface area contributed by atoms with Gasteiger partial charge in [-0.25, -0.2) is 8.42 Å². The predicted octanol–water partition coefficient (Wildman–Crippen LogP) is 1.38. The molecular formula is C8H11NO2S2. The number of sulfonamides is 1. The van der Waals surface area contributed by atoms with E-state index in [2.05, 4.69) is 4.13 Å². The Balaban J connectivity index is 2.70. The third-order valence-corrected chi connectivity index (χ3v) is 3.81. The Kier molecular flexibility index (Phi) is 3.77. The molecule has 1 aromatic rings. The predicted molar refractivity (Wildman–Crippen MR) is 55.7 cm³/mol. The fourth-order valence-electron chi connectivity index (χ4n) is 0.950. The van der Waals surface area contributed by atoms with Crippen LogP contribution >= 0.6 is 11.9 Å². The second-order valence-electron chi connectivity index (χ2n) is 2.53. The van der Waals surface area contributed by atoms with Crippen molar-refractivity contribution in [3.8, 4) is 0 Å². The molecule has 0 bridgehead atoms. The lowest BCUT2D eigenvalue weighted by atomic mass is 10.2. The third-order valence-electron chi connectivity index (χ3n) is 1.41. The number of hydrogen-bond acceptors (Lipinski definition) is 3. The van der Waals surface area contributed by atoms with E-state index in [0.717, 1.165) is 17.5 Å². The summed E-state index contributed by atoms with van der Waals surface area (Å²) in [6.07, 6.45) is 1.68. The average Bonchev–Trinajstić information content (AvgIpc) is 2.04. The summed E-state index contributed by atoms with van der Waals surface area (Å²) in [5.41, 5.74) is 0.795. The highest BCUT2D eigenvalue weighted by atomic mass is 32.3. The highest BCUT2D eigenvalue weighted by Crippen LogP contribution is 2.05. The van der Waals surface area contributed by atoms with Crippen molar-refractivity contribution in [1.82, 2.24) is 4.13 Å². The van der Waals surface area contributed by atoms with Crippen molar-refractivity contribution in [3.05, 3.63) is 35.9 Å². The van der Waals surface area contributed by atoms with Crippen molar-refractivity contribution in [2.24, 2.45) is 0 Å². The highest BCUT2D eigenvalue weighted by molar-refractivity contribution is 8.08. The normalized spacial score (nSPS) is 11.5. The lowest BCUT2D eigenvalue weighted by Gasteiger charge is -2.02. The number of rotatable bonds is 4. The molecule has 5 heteroatoms. The van der Waals surface area contributed by atoms with Gasteiger partial charge in [-0.15, -0.1) is 0 Å². The summed E-state index contributed by atoms with van der Waals surface area (Å²) in [6.45, 7) is 0. The molecule has 72 valence electrons. The van der Waals surface area contributed by atoms with Crippen LogP contribution in [0.5, 0.6) is 0 Å². The zero-order chi connectivity index (χ0) is 9.73. The maximum Gasteiger partial charge on any atom is 0.224 e. The topological polar surface area (TPSA) is 46.2 Å². The van der Waals surface area contributed by atoms with Crippen LogP contribution in [0, 0.1) is 0 Å². The van der Waals surface area contributed by atoms with Gasteiger partial charge in [-0.05, 0) is 11.8 Å². The molecule has 0 amide bonds. The minimum Gasteiger partial charge on any atom is -0.211 e. The lowest BCUT2D eigenvalue weighted by Crippen LogP contribution is -2.17. The smallest absolute Gasteiger partial charge is 0.211 e. The fraction of sp³-hybridized carbons (Fsp3) is 0.250. The van der Waals surface area contributed by atoms with E-state index in [9.17, 15) is 8.42 Å². The summed E-state index contributed by atoms with van der Waals surface area (Å²) in [5, 5.41) is 0. The van der Waals surface area contributed by atoms with Gasteiger partial charge in [0.05, 0.1) is 5.75 Å². The number of benzene rings is 1. The molecule has 0 aromatic heterocycles. The van der Waals surface area contributed by atoms with E-state index < -0.39 is 10.0 Å². The molecule has 1 rings (SSSR count). The minimum atomic E-state index is -3.17. The minimum absolute atomic E-state index is 0.0364. The van der Waals surface area contributed by atoms with E-state index in [1.165, 1.54) is 0 Å². The van der Waals surface area contributed by atoms with Gasteiger partial charge in [-0.3, -0.25) is 0 Å². The maximum absolute atomic E-state index is 11.3. The van der Waals surface area contributed by atoms with E-state index in [0.29, 0.717) is 0 Å². The van der Waals surface area contributed by atoms with Crippen molar-refractivity contribution in [2.75, 3.05) is 6.26 Å². The first kappa shape index (κ1) is 10.6. The average molecular weight is 217 g/mol. The number of nitrogens with one attached hydrogen (secondary N) is 1. The van der Waals surface area contributed by atoms with Crippen LogP contribution in [-0.4, -0.2) is 14.7 Å². The molecule has 0 heterocycles. The Morgan fingerprint density at radius 3 is 2.46 bits per heavy atom. The van der Waals surface area contributed by atoms with Gasteiger partial charge in [0.2, 0.25) is 10.0 Å². The van der Waals surface area contributed by atoms with Crippen LogP contribution in [0.2, 0.25) is 0 Å². The van der Waals surface area contributed by atoms with Gasteiger partial charge < -0.3 is 0 Å². The van der Waals surface area contributed by atoms with Crippen LogP contribution in [0.1, 0.15) is 5.56 Å². The lowest BCUT2D eigenvalue weighted by molar-refractivity contribution is 0.594. The Labute approximate surface area is 82.7 Å². The highest BCUT2D eigenvalue weighted by Gasteiger charge is 2.09. The molecule has 0 fully saturated rings. The maximum atomic E-state index is 11.3. The van der Waals surface area contributed by atoms with E-state index >= 15 is 0 Å². The largest absolute Gasteiger partial charge is 0.224 e. The van der Waals surface area contributed by atoms with Crippen molar-refractivity contribution in [3.63, 3.8) is 0 Å². The molecule has 0 aliphatic carbocycles. The van der Waals surface area contributed by atoms with E-state index in [1.807, 2.05) is 18.2 Å². The zero-order valence-electron chi connectivity index (χ0n) is 7.23. The Bertz CT molecular complexity index is 348. The molecule has 3 nitrogen and oxygen atoms in total. The summed E-state index contributed by atoms with van der Waals surface area (Å²) in [5.74, 6) is 0.0364. The van der Waals surface area contributed by atoms with Gasteiger partial charge in [0.15, 0.2) is 0 Å². The zero-order valence-corrected chi connectivity index (χ0v) is 8.86. The molecule has 0 spiro atoms. The van der Waals surface area contributed by atoms with Crippen molar-refractivity contribution >= 4 is 22.0 Å². The molecule has 0 radical (unpaired) electrons. The SMILES string of the molecule is CSNS(=O)(=O)Cc1ccccc1. The summed E-state index contributed by atoms with van der Waals surface area (Å²) in [6, 6.07) is 9.09. The molecule has 0 aliphatic rings. The summed E-state index contributed by atoms with van der Waals surface area (Å²) in [4.78, 5) is 0. The Morgan fingerprint density at radius 2 is 1.92 bits per heavy atom. The first-order valence-corrected chi connectivity index (χ1v) is 6.58. The summed E-state index contributed by atoms with van der Waals surface area (Å²) in [7, 11) is -3.17. The second kappa shape index (κ2) is 4.64. The van der Waals surface area contributed by atoms with Crippen LogP contribution in [-0.2, 0) is 15.8 Å². The van der Waals surface area contributed by atoms with Crippen LogP contribution in [0.4, 0.5) is 0 Å². The van der Waals surface area contributed by atoms with Crippen molar-refractivity contribution < 1.29 is 8.42 Å². The molecule has 1 aromatic carbocycles. The van der Waals surface area contributed by atoms with Gasteiger partial charge >= 0.3 is 0 Å². The first-order valence-electron chi connectivity index (χ1n) is 3.70. The molecule has 0 atom stereocenters. The van der Waals surface area contributed by atoms with E-state index in [-0.39, 0.29) is 5.75 Å². The molecular weight excluding hydrogens is 206 g/mol. The monoisotopic (exact) mass is 217 g/mol. The molecule has 0 aliphatic heterocycles. The molecule has 0 saturated carbocycles. The Morgan fingerprint density at radius 1 is 1.31 bits per heavy atom. The number of hydrogen-bond donors (Lipinski definition) is 1. The third kappa shape index (κ3) is 3.80. The molecule has 0 unspecified atom stereocenters. The summed E-state index contributed by atoms with van der Waals surface area (Å²) >= 11 is 1.09. The van der Waals surface area contributed by atoms with Gasteiger partial charge in [0, 0.05) is 0 Å². The quantitative estimate of drug-likeness (QED) is 0.775.